The van der Waals surface area contributed by atoms with E-state index in [0.717, 1.165) is 0 Å². The highest BCUT2D eigenvalue weighted by Gasteiger charge is 2.14. The zero-order valence-corrected chi connectivity index (χ0v) is 10.5. The summed E-state index contributed by atoms with van der Waals surface area (Å²) >= 11 is 11.5. The van der Waals surface area contributed by atoms with Crippen molar-refractivity contribution in [2.45, 2.75) is 0 Å². The number of rotatable bonds is 4. The van der Waals surface area contributed by atoms with E-state index in [2.05, 4.69) is 4.98 Å². The standard InChI is InChI=1S/C10H12Cl2N2O2/c1-14(2)5-6-16-10(15)9-7(11)3-4-8(12)13-9/h3-4H,5-6H2,1-2H3. The lowest BCUT2D eigenvalue weighted by molar-refractivity contribution is 0.0475. The second kappa shape index (κ2) is 6.03. The Balaban J connectivity index is 2.62. The number of nitrogens with zero attached hydrogens (tertiary/aromatic N) is 2. The molecule has 1 aromatic rings. The van der Waals surface area contributed by atoms with Crippen LogP contribution < -0.4 is 0 Å². The number of hydrogen-bond acceptors (Lipinski definition) is 4. The molecule has 0 bridgehead atoms. The highest BCUT2D eigenvalue weighted by Crippen LogP contribution is 2.17. The molecule has 16 heavy (non-hydrogen) atoms. The molecule has 0 N–H and O–H groups in total. The summed E-state index contributed by atoms with van der Waals surface area (Å²) in [5, 5.41) is 0.447. The van der Waals surface area contributed by atoms with Gasteiger partial charge in [0.15, 0.2) is 5.69 Å². The summed E-state index contributed by atoms with van der Waals surface area (Å²) in [7, 11) is 3.77. The highest BCUT2D eigenvalue weighted by molar-refractivity contribution is 6.34. The summed E-state index contributed by atoms with van der Waals surface area (Å²) in [5.41, 5.74) is 0.0490. The van der Waals surface area contributed by atoms with Crippen LogP contribution >= 0.6 is 23.2 Å². The van der Waals surface area contributed by atoms with Crippen molar-refractivity contribution in [2.75, 3.05) is 27.2 Å². The average Bonchev–Trinajstić information content (AvgIpc) is 2.21. The normalized spacial score (nSPS) is 10.6. The number of likely N-dealkylation sites (N-methyl/N-ethyl adjacent to an activating group) is 1. The first-order valence-corrected chi connectivity index (χ1v) is 5.40. The molecule has 0 saturated carbocycles. The smallest absolute Gasteiger partial charge is 0.358 e. The summed E-state index contributed by atoms with van der Waals surface area (Å²) < 4.78 is 4.99. The first kappa shape index (κ1) is 13.2. The lowest BCUT2D eigenvalue weighted by Gasteiger charge is -2.10. The van der Waals surface area contributed by atoms with E-state index in [-0.39, 0.29) is 22.5 Å². The molecule has 0 aliphatic rings. The van der Waals surface area contributed by atoms with Gasteiger partial charge >= 0.3 is 5.97 Å². The number of hydrogen-bond donors (Lipinski definition) is 0. The second-order valence-electron chi connectivity index (χ2n) is 3.40. The van der Waals surface area contributed by atoms with Crippen LogP contribution in [0.5, 0.6) is 0 Å². The molecular weight excluding hydrogens is 251 g/mol. The first-order chi connectivity index (χ1) is 7.50. The summed E-state index contributed by atoms with van der Waals surface area (Å²) in [6, 6.07) is 3.03. The molecule has 4 nitrogen and oxygen atoms in total. The van der Waals surface area contributed by atoms with Gasteiger partial charge in [-0.2, -0.15) is 0 Å². The average molecular weight is 263 g/mol. The van der Waals surface area contributed by atoms with E-state index >= 15 is 0 Å². The molecule has 0 radical (unpaired) electrons. The SMILES string of the molecule is CN(C)CCOC(=O)c1nc(Cl)ccc1Cl. The second-order valence-corrected chi connectivity index (χ2v) is 4.20. The lowest BCUT2D eigenvalue weighted by Crippen LogP contribution is -2.20. The minimum absolute atomic E-state index is 0.0490. The van der Waals surface area contributed by atoms with E-state index in [1.165, 1.54) is 12.1 Å². The quantitative estimate of drug-likeness (QED) is 0.616. The Hall–Kier alpha value is -0.840. The van der Waals surface area contributed by atoms with Gasteiger partial charge in [0.05, 0.1) is 5.02 Å². The molecule has 0 aliphatic carbocycles. The van der Waals surface area contributed by atoms with E-state index in [0.29, 0.717) is 6.54 Å². The topological polar surface area (TPSA) is 42.4 Å². The van der Waals surface area contributed by atoms with E-state index < -0.39 is 5.97 Å². The Labute approximate surface area is 104 Å². The van der Waals surface area contributed by atoms with Crippen molar-refractivity contribution in [3.8, 4) is 0 Å². The zero-order valence-electron chi connectivity index (χ0n) is 9.04. The van der Waals surface area contributed by atoms with Gasteiger partial charge in [-0.15, -0.1) is 0 Å². The minimum Gasteiger partial charge on any atom is -0.460 e. The fraction of sp³-hybridized carbons (Fsp3) is 0.400. The maximum absolute atomic E-state index is 11.6. The molecule has 0 amide bonds. The highest BCUT2D eigenvalue weighted by atomic mass is 35.5. The van der Waals surface area contributed by atoms with Crippen LogP contribution in [-0.4, -0.2) is 43.1 Å². The van der Waals surface area contributed by atoms with Gasteiger partial charge < -0.3 is 9.64 Å². The summed E-state index contributed by atoms with van der Waals surface area (Å²) in [5.74, 6) is -0.561. The van der Waals surface area contributed by atoms with Crippen LogP contribution in [0.2, 0.25) is 10.2 Å². The van der Waals surface area contributed by atoms with Gasteiger partial charge in [-0.1, -0.05) is 23.2 Å². The van der Waals surface area contributed by atoms with Gasteiger partial charge in [0.2, 0.25) is 0 Å². The Morgan fingerprint density at radius 3 is 2.75 bits per heavy atom. The van der Waals surface area contributed by atoms with Crippen LogP contribution in [0.15, 0.2) is 12.1 Å². The molecule has 0 aliphatic heterocycles. The fourth-order valence-electron chi connectivity index (χ4n) is 0.951. The van der Waals surface area contributed by atoms with E-state index in [9.17, 15) is 4.79 Å². The molecule has 0 fully saturated rings. The Bertz CT molecular complexity index is 383. The molecule has 0 aromatic carbocycles. The maximum atomic E-state index is 11.6. The van der Waals surface area contributed by atoms with Crippen LogP contribution in [0.4, 0.5) is 0 Å². The van der Waals surface area contributed by atoms with Crippen LogP contribution in [0.25, 0.3) is 0 Å². The summed E-state index contributed by atoms with van der Waals surface area (Å²) in [4.78, 5) is 17.3. The Morgan fingerprint density at radius 2 is 2.12 bits per heavy atom. The van der Waals surface area contributed by atoms with Crippen LogP contribution in [0.3, 0.4) is 0 Å². The van der Waals surface area contributed by atoms with Crippen LogP contribution in [-0.2, 0) is 4.74 Å². The third-order valence-corrected chi connectivity index (χ3v) is 2.29. The number of esters is 1. The predicted octanol–water partition coefficient (Wildman–Crippen LogP) is 2.11. The van der Waals surface area contributed by atoms with Gasteiger partial charge in [-0.05, 0) is 26.2 Å². The monoisotopic (exact) mass is 262 g/mol. The number of carbonyl (C=O) groups excluding carboxylic acids is 1. The van der Waals surface area contributed by atoms with Crippen molar-refractivity contribution in [1.82, 2.24) is 9.88 Å². The fourth-order valence-corrected chi connectivity index (χ4v) is 1.28. The van der Waals surface area contributed by atoms with Crippen molar-refractivity contribution >= 4 is 29.2 Å². The summed E-state index contributed by atoms with van der Waals surface area (Å²) in [6.45, 7) is 0.931. The molecule has 0 spiro atoms. The van der Waals surface area contributed by atoms with E-state index in [4.69, 9.17) is 27.9 Å². The molecule has 1 heterocycles. The largest absolute Gasteiger partial charge is 0.460 e. The van der Waals surface area contributed by atoms with Gasteiger partial charge in [-0.3, -0.25) is 0 Å². The summed E-state index contributed by atoms with van der Waals surface area (Å²) in [6.07, 6.45) is 0. The number of halogens is 2. The maximum Gasteiger partial charge on any atom is 0.358 e. The van der Waals surface area contributed by atoms with Crippen molar-refractivity contribution in [1.29, 1.82) is 0 Å². The van der Waals surface area contributed by atoms with Gasteiger partial charge in [-0.25, -0.2) is 9.78 Å². The molecule has 1 aromatic heterocycles. The van der Waals surface area contributed by atoms with Crippen LogP contribution in [0, 0.1) is 0 Å². The minimum atomic E-state index is -0.561. The van der Waals surface area contributed by atoms with E-state index in [1.807, 2.05) is 19.0 Å². The predicted molar refractivity (Wildman–Crippen MR) is 63.1 cm³/mol. The Kier molecular flexibility index (Phi) is 4.99. The zero-order chi connectivity index (χ0) is 12.1. The van der Waals surface area contributed by atoms with Crippen molar-refractivity contribution in [3.63, 3.8) is 0 Å². The van der Waals surface area contributed by atoms with Crippen molar-refractivity contribution in [3.05, 3.63) is 28.0 Å². The molecule has 0 unspecified atom stereocenters. The van der Waals surface area contributed by atoms with Gasteiger partial charge in [0.25, 0.3) is 0 Å². The molecule has 0 saturated heterocycles. The Morgan fingerprint density at radius 1 is 1.44 bits per heavy atom. The molecule has 6 heteroatoms. The number of ether oxygens (including phenoxy) is 1. The third-order valence-electron chi connectivity index (χ3n) is 1.78. The van der Waals surface area contributed by atoms with Crippen LogP contribution in [0.1, 0.15) is 10.5 Å². The van der Waals surface area contributed by atoms with Gasteiger partial charge in [0, 0.05) is 6.54 Å². The molecule has 88 valence electrons. The molecular formula is C10H12Cl2N2O2. The number of aromatic nitrogens is 1. The van der Waals surface area contributed by atoms with Crippen molar-refractivity contribution in [2.24, 2.45) is 0 Å². The number of pyridine rings is 1. The van der Waals surface area contributed by atoms with E-state index in [1.54, 1.807) is 0 Å². The lowest BCUT2D eigenvalue weighted by atomic mass is 10.3. The molecule has 1 rings (SSSR count). The number of carbonyl (C=O) groups is 1. The van der Waals surface area contributed by atoms with Gasteiger partial charge in [0.1, 0.15) is 11.8 Å². The molecule has 0 atom stereocenters. The first-order valence-electron chi connectivity index (χ1n) is 4.64. The van der Waals surface area contributed by atoms with Crippen molar-refractivity contribution < 1.29 is 9.53 Å². The third kappa shape index (κ3) is 3.96.